The molecule has 1 aromatic heterocycles. The van der Waals surface area contributed by atoms with Gasteiger partial charge in [0.2, 0.25) is 0 Å². The Hall–Kier alpha value is -1.27. The summed E-state index contributed by atoms with van der Waals surface area (Å²) in [5, 5.41) is 0. The second-order valence-electron chi connectivity index (χ2n) is 3.18. The van der Waals surface area contributed by atoms with Gasteiger partial charge in [0.25, 0.3) is 0 Å². The van der Waals surface area contributed by atoms with Crippen molar-refractivity contribution in [3.05, 3.63) is 46.7 Å². The first kappa shape index (κ1) is 11.2. The van der Waals surface area contributed by atoms with Crippen molar-refractivity contribution < 1.29 is 12.8 Å². The van der Waals surface area contributed by atoms with E-state index in [0.29, 0.717) is 4.88 Å². The average Bonchev–Trinajstić information content (AvgIpc) is 2.70. The fourth-order valence-corrected chi connectivity index (χ4v) is 3.51. The molecule has 0 fully saturated rings. The molecule has 0 saturated heterocycles. The van der Waals surface area contributed by atoms with Crippen molar-refractivity contribution in [1.82, 2.24) is 4.98 Å². The van der Waals surface area contributed by atoms with Gasteiger partial charge in [0.15, 0.2) is 9.84 Å². The highest BCUT2D eigenvalue weighted by Gasteiger charge is 2.15. The summed E-state index contributed by atoms with van der Waals surface area (Å²) in [6.45, 7) is 0. The molecule has 2 aromatic rings. The van der Waals surface area contributed by atoms with Crippen LogP contribution in [0.2, 0.25) is 0 Å². The van der Waals surface area contributed by atoms with Crippen LogP contribution in [-0.4, -0.2) is 13.4 Å². The Morgan fingerprint density at radius 2 is 1.94 bits per heavy atom. The first-order valence-electron chi connectivity index (χ1n) is 4.43. The van der Waals surface area contributed by atoms with Crippen molar-refractivity contribution in [3.8, 4) is 0 Å². The Labute approximate surface area is 96.5 Å². The predicted octanol–water partition coefficient (Wildman–Crippen LogP) is 2.26. The molecule has 1 aromatic carbocycles. The average molecular weight is 257 g/mol. The Morgan fingerprint density at radius 3 is 2.50 bits per heavy atom. The fourth-order valence-electron chi connectivity index (χ4n) is 1.23. The van der Waals surface area contributed by atoms with E-state index in [1.807, 2.05) is 0 Å². The Kier molecular flexibility index (Phi) is 3.02. The van der Waals surface area contributed by atoms with Gasteiger partial charge in [0.1, 0.15) is 5.82 Å². The van der Waals surface area contributed by atoms with Crippen molar-refractivity contribution in [1.29, 1.82) is 0 Å². The standard InChI is InChI=1S/C10H8FNO2S2/c11-8-1-3-10(4-2-8)16(13,14)6-9-5-12-7-15-9/h1-5,7H,6H2. The lowest BCUT2D eigenvalue weighted by Crippen LogP contribution is -2.03. The highest BCUT2D eigenvalue weighted by Crippen LogP contribution is 2.18. The molecular weight excluding hydrogens is 249 g/mol. The van der Waals surface area contributed by atoms with Crippen molar-refractivity contribution in [2.45, 2.75) is 10.6 Å². The quantitative estimate of drug-likeness (QED) is 0.792. The molecule has 0 unspecified atom stereocenters. The number of hydrogen-bond acceptors (Lipinski definition) is 4. The maximum Gasteiger partial charge on any atom is 0.183 e. The molecule has 0 aliphatic heterocycles. The van der Waals surface area contributed by atoms with Gasteiger partial charge in [-0.1, -0.05) is 0 Å². The highest BCUT2D eigenvalue weighted by atomic mass is 32.2. The van der Waals surface area contributed by atoms with Crippen LogP contribution in [0.25, 0.3) is 0 Å². The van der Waals surface area contributed by atoms with Crippen LogP contribution < -0.4 is 0 Å². The van der Waals surface area contributed by atoms with Crippen LogP contribution >= 0.6 is 11.3 Å². The molecule has 1 heterocycles. The number of sulfone groups is 1. The van der Waals surface area contributed by atoms with Gasteiger partial charge in [-0.05, 0) is 24.3 Å². The second-order valence-corrected chi connectivity index (χ2v) is 6.14. The summed E-state index contributed by atoms with van der Waals surface area (Å²) in [6.07, 6.45) is 1.52. The minimum Gasteiger partial charge on any atom is -0.253 e. The van der Waals surface area contributed by atoms with E-state index in [1.165, 1.54) is 29.7 Å². The SMILES string of the molecule is O=S(=O)(Cc1cncs1)c1ccc(F)cc1. The number of hydrogen-bond donors (Lipinski definition) is 0. The zero-order valence-electron chi connectivity index (χ0n) is 8.13. The lowest BCUT2D eigenvalue weighted by Gasteiger charge is -2.01. The molecule has 3 nitrogen and oxygen atoms in total. The number of halogens is 1. The second kappa shape index (κ2) is 4.31. The molecule has 0 amide bonds. The van der Waals surface area contributed by atoms with Crippen molar-refractivity contribution in [2.24, 2.45) is 0 Å². The summed E-state index contributed by atoms with van der Waals surface area (Å²) in [7, 11) is -3.40. The van der Waals surface area contributed by atoms with Crippen LogP contribution in [-0.2, 0) is 15.6 Å². The molecule has 0 atom stereocenters. The van der Waals surface area contributed by atoms with E-state index in [9.17, 15) is 12.8 Å². The maximum absolute atomic E-state index is 12.6. The summed E-state index contributed by atoms with van der Waals surface area (Å²) in [6, 6.07) is 4.82. The largest absolute Gasteiger partial charge is 0.253 e. The Bertz CT molecular complexity index is 561. The molecule has 16 heavy (non-hydrogen) atoms. The number of rotatable bonds is 3. The van der Waals surface area contributed by atoms with Crippen LogP contribution in [0.4, 0.5) is 4.39 Å². The zero-order chi connectivity index (χ0) is 11.6. The highest BCUT2D eigenvalue weighted by molar-refractivity contribution is 7.90. The van der Waals surface area contributed by atoms with Crippen molar-refractivity contribution in [3.63, 3.8) is 0 Å². The van der Waals surface area contributed by atoms with E-state index in [1.54, 1.807) is 5.51 Å². The smallest absolute Gasteiger partial charge is 0.183 e. The van der Waals surface area contributed by atoms with Crippen LogP contribution in [0.3, 0.4) is 0 Å². The van der Waals surface area contributed by atoms with Crippen LogP contribution in [0, 0.1) is 5.82 Å². The molecule has 84 valence electrons. The summed E-state index contributed by atoms with van der Waals surface area (Å²) in [5.41, 5.74) is 1.58. The van der Waals surface area contributed by atoms with Gasteiger partial charge in [-0.3, -0.25) is 4.98 Å². The van der Waals surface area contributed by atoms with E-state index in [4.69, 9.17) is 0 Å². The third kappa shape index (κ3) is 2.45. The summed E-state index contributed by atoms with van der Waals surface area (Å²) in [4.78, 5) is 4.61. The van der Waals surface area contributed by atoms with Gasteiger partial charge >= 0.3 is 0 Å². The lowest BCUT2D eigenvalue weighted by atomic mass is 10.4. The zero-order valence-corrected chi connectivity index (χ0v) is 9.76. The van der Waals surface area contributed by atoms with Gasteiger partial charge in [-0.2, -0.15) is 0 Å². The minimum atomic E-state index is -3.40. The van der Waals surface area contributed by atoms with E-state index in [-0.39, 0.29) is 10.6 Å². The minimum absolute atomic E-state index is 0.0939. The van der Waals surface area contributed by atoms with Gasteiger partial charge < -0.3 is 0 Å². The third-order valence-corrected chi connectivity index (χ3v) is 4.63. The fraction of sp³-hybridized carbons (Fsp3) is 0.100. The maximum atomic E-state index is 12.6. The van der Waals surface area contributed by atoms with E-state index in [0.717, 1.165) is 12.1 Å². The van der Waals surface area contributed by atoms with Crippen LogP contribution in [0.1, 0.15) is 4.88 Å². The molecule has 0 aliphatic carbocycles. The molecular formula is C10H8FNO2S2. The molecule has 0 aliphatic rings. The van der Waals surface area contributed by atoms with Gasteiger partial charge in [0.05, 0.1) is 16.2 Å². The van der Waals surface area contributed by atoms with Crippen LogP contribution in [0.5, 0.6) is 0 Å². The van der Waals surface area contributed by atoms with Gasteiger partial charge in [-0.15, -0.1) is 11.3 Å². The monoisotopic (exact) mass is 257 g/mol. The summed E-state index contributed by atoms with van der Waals surface area (Å²) in [5.74, 6) is -0.541. The molecule has 0 radical (unpaired) electrons. The molecule has 0 N–H and O–H groups in total. The molecule has 0 bridgehead atoms. The molecule has 6 heteroatoms. The molecule has 0 saturated carbocycles. The van der Waals surface area contributed by atoms with E-state index >= 15 is 0 Å². The van der Waals surface area contributed by atoms with Crippen molar-refractivity contribution >= 4 is 21.2 Å². The van der Waals surface area contributed by atoms with Gasteiger partial charge in [-0.25, -0.2) is 12.8 Å². The number of benzene rings is 1. The summed E-state index contributed by atoms with van der Waals surface area (Å²) >= 11 is 1.28. The Balaban J connectivity index is 2.29. The molecule has 2 rings (SSSR count). The Morgan fingerprint density at radius 1 is 1.25 bits per heavy atom. The number of nitrogens with zero attached hydrogens (tertiary/aromatic N) is 1. The van der Waals surface area contributed by atoms with E-state index < -0.39 is 15.7 Å². The normalized spacial score (nSPS) is 11.6. The topological polar surface area (TPSA) is 47.0 Å². The lowest BCUT2D eigenvalue weighted by molar-refractivity contribution is 0.594. The summed E-state index contributed by atoms with van der Waals surface area (Å²) < 4.78 is 36.4. The number of aromatic nitrogens is 1. The predicted molar refractivity (Wildman–Crippen MR) is 59.4 cm³/mol. The van der Waals surface area contributed by atoms with Crippen LogP contribution in [0.15, 0.2) is 40.9 Å². The van der Waals surface area contributed by atoms with Crippen molar-refractivity contribution in [2.75, 3.05) is 0 Å². The van der Waals surface area contributed by atoms with Gasteiger partial charge in [0, 0.05) is 11.1 Å². The van der Waals surface area contributed by atoms with E-state index in [2.05, 4.69) is 4.98 Å². The first-order chi connectivity index (χ1) is 7.58. The third-order valence-electron chi connectivity index (χ3n) is 1.99. The number of thiazole rings is 1. The first-order valence-corrected chi connectivity index (χ1v) is 6.97. The molecule has 0 spiro atoms.